The zero-order valence-corrected chi connectivity index (χ0v) is 17.3. The summed E-state index contributed by atoms with van der Waals surface area (Å²) in [5.74, 6) is 0.498. The van der Waals surface area contributed by atoms with E-state index in [1.54, 1.807) is 29.2 Å². The van der Waals surface area contributed by atoms with E-state index in [-0.39, 0.29) is 17.4 Å². The highest BCUT2D eigenvalue weighted by Crippen LogP contribution is 2.35. The fourth-order valence-electron chi connectivity index (χ4n) is 3.00. The summed E-state index contributed by atoms with van der Waals surface area (Å²) in [7, 11) is 0. The Morgan fingerprint density at radius 1 is 1.17 bits per heavy atom. The number of rotatable bonds is 7. The average Bonchev–Trinajstić information content (AvgIpc) is 2.98. The van der Waals surface area contributed by atoms with Crippen molar-refractivity contribution in [2.75, 3.05) is 46.1 Å². The van der Waals surface area contributed by atoms with Crippen LogP contribution in [0, 0.1) is 0 Å². The van der Waals surface area contributed by atoms with Crippen LogP contribution in [-0.4, -0.2) is 72.9 Å². The van der Waals surface area contributed by atoms with Gasteiger partial charge in [0, 0.05) is 24.7 Å². The first kappa shape index (κ1) is 21.2. The number of carbonyl (C=O) groups is 3. The summed E-state index contributed by atoms with van der Waals surface area (Å²) in [6, 6.07) is 5.32. The number of imide groups is 1. The largest absolute Gasteiger partial charge is 0.494 e. The van der Waals surface area contributed by atoms with Gasteiger partial charge < -0.3 is 19.1 Å². The average molecular weight is 420 g/mol. The molecule has 2 heterocycles. The molecule has 2 fully saturated rings. The minimum absolute atomic E-state index is 0.257. The van der Waals surface area contributed by atoms with Gasteiger partial charge in [-0.15, -0.1) is 0 Å². The minimum atomic E-state index is -0.474. The van der Waals surface area contributed by atoms with Gasteiger partial charge in [-0.3, -0.25) is 19.3 Å². The number of hydrogen-bond donors (Lipinski definition) is 0. The van der Waals surface area contributed by atoms with Gasteiger partial charge in [0.2, 0.25) is 5.91 Å². The van der Waals surface area contributed by atoms with Gasteiger partial charge in [0.05, 0.1) is 31.3 Å². The van der Waals surface area contributed by atoms with Gasteiger partial charge >= 0.3 is 0 Å². The van der Waals surface area contributed by atoms with Gasteiger partial charge in [-0.05, 0) is 43.8 Å². The maximum Gasteiger partial charge on any atom is 0.294 e. The number of ether oxygens (including phenoxy) is 3. The van der Waals surface area contributed by atoms with Crippen LogP contribution in [0.15, 0.2) is 23.1 Å². The van der Waals surface area contributed by atoms with Crippen molar-refractivity contribution in [3.05, 3.63) is 28.7 Å². The molecule has 2 aliphatic rings. The van der Waals surface area contributed by atoms with Gasteiger partial charge in [0.15, 0.2) is 0 Å². The number of nitrogens with zero attached hydrogens (tertiary/aromatic N) is 2. The van der Waals surface area contributed by atoms with Gasteiger partial charge in [0.25, 0.3) is 11.1 Å². The van der Waals surface area contributed by atoms with Gasteiger partial charge in [-0.2, -0.15) is 0 Å². The molecule has 1 aromatic rings. The molecule has 29 heavy (non-hydrogen) atoms. The fourth-order valence-corrected chi connectivity index (χ4v) is 3.83. The molecule has 0 N–H and O–H groups in total. The molecule has 0 radical (unpaired) electrons. The molecule has 1 aromatic carbocycles. The van der Waals surface area contributed by atoms with Crippen molar-refractivity contribution in [3.8, 4) is 11.5 Å². The Morgan fingerprint density at radius 3 is 2.59 bits per heavy atom. The molecular weight excluding hydrogens is 396 g/mol. The number of benzene rings is 1. The lowest BCUT2D eigenvalue weighted by atomic mass is 10.1. The molecule has 9 heteroatoms. The van der Waals surface area contributed by atoms with Crippen molar-refractivity contribution in [2.45, 2.75) is 13.8 Å². The number of hydrogen-bond acceptors (Lipinski definition) is 7. The summed E-state index contributed by atoms with van der Waals surface area (Å²) in [6.07, 6.45) is 1.62. The fraction of sp³-hybridized carbons (Fsp3) is 0.450. The summed E-state index contributed by atoms with van der Waals surface area (Å²) in [6.45, 7) is 6.34. The SMILES string of the molecule is CCOc1ccc(/C=C2/SC(=O)N(CC(=O)N3CCOCC3)C2=O)c(OCC)c1. The Bertz CT molecular complexity index is 819. The minimum Gasteiger partial charge on any atom is -0.494 e. The number of amides is 3. The maximum atomic E-state index is 12.7. The van der Waals surface area contributed by atoms with Gasteiger partial charge in [-0.25, -0.2) is 0 Å². The maximum absolute atomic E-state index is 12.7. The second-order valence-electron chi connectivity index (χ2n) is 6.33. The first-order valence-corrected chi connectivity index (χ1v) is 10.4. The van der Waals surface area contributed by atoms with E-state index in [9.17, 15) is 14.4 Å². The Morgan fingerprint density at radius 2 is 1.90 bits per heavy atom. The molecule has 0 unspecified atom stereocenters. The van der Waals surface area contributed by atoms with E-state index in [0.717, 1.165) is 16.7 Å². The zero-order valence-electron chi connectivity index (χ0n) is 16.5. The van der Waals surface area contributed by atoms with Crippen LogP contribution < -0.4 is 9.47 Å². The van der Waals surface area contributed by atoms with Crippen molar-refractivity contribution >= 4 is 34.9 Å². The van der Waals surface area contributed by atoms with Crippen LogP contribution in [0.3, 0.4) is 0 Å². The van der Waals surface area contributed by atoms with Crippen LogP contribution in [0.1, 0.15) is 19.4 Å². The second-order valence-corrected chi connectivity index (χ2v) is 7.32. The highest BCUT2D eigenvalue weighted by Gasteiger charge is 2.37. The molecule has 0 atom stereocenters. The smallest absolute Gasteiger partial charge is 0.294 e. The number of thioether (sulfide) groups is 1. The molecule has 0 aromatic heterocycles. The first-order chi connectivity index (χ1) is 14.0. The standard InChI is InChI=1S/C20H24N2O6S/c1-3-27-15-6-5-14(16(12-15)28-4-2)11-17-19(24)22(20(25)29-17)13-18(23)21-7-9-26-10-8-21/h5-6,11-12H,3-4,7-10,13H2,1-2H3/b17-11+. The normalized spacial score (nSPS) is 18.5. The highest BCUT2D eigenvalue weighted by atomic mass is 32.2. The molecule has 2 aliphatic heterocycles. The summed E-state index contributed by atoms with van der Waals surface area (Å²) in [4.78, 5) is 40.3. The van der Waals surface area contributed by atoms with Crippen molar-refractivity contribution in [3.63, 3.8) is 0 Å². The van der Waals surface area contributed by atoms with Crippen molar-refractivity contribution in [1.29, 1.82) is 0 Å². The van der Waals surface area contributed by atoms with Crippen molar-refractivity contribution < 1.29 is 28.6 Å². The molecule has 0 spiro atoms. The van der Waals surface area contributed by atoms with Crippen LogP contribution in [-0.2, 0) is 14.3 Å². The molecule has 0 bridgehead atoms. The van der Waals surface area contributed by atoms with Crippen LogP contribution >= 0.6 is 11.8 Å². The summed E-state index contributed by atoms with van der Waals surface area (Å²) in [5, 5.41) is -0.452. The zero-order chi connectivity index (χ0) is 20.8. The Hall–Kier alpha value is -2.52. The molecular formula is C20H24N2O6S. The molecule has 2 saturated heterocycles. The lowest BCUT2D eigenvalue weighted by Crippen LogP contribution is -2.46. The van der Waals surface area contributed by atoms with Crippen LogP contribution in [0.5, 0.6) is 11.5 Å². The van der Waals surface area contributed by atoms with E-state index in [1.165, 1.54) is 0 Å². The highest BCUT2D eigenvalue weighted by molar-refractivity contribution is 8.18. The lowest BCUT2D eigenvalue weighted by molar-refractivity contribution is -0.139. The van der Waals surface area contributed by atoms with Crippen molar-refractivity contribution in [2.24, 2.45) is 0 Å². The van der Waals surface area contributed by atoms with E-state index < -0.39 is 11.1 Å². The van der Waals surface area contributed by atoms with Gasteiger partial charge in [0.1, 0.15) is 18.0 Å². The Kier molecular flexibility index (Phi) is 7.16. The molecule has 0 aliphatic carbocycles. The van der Waals surface area contributed by atoms with Gasteiger partial charge in [-0.1, -0.05) is 0 Å². The number of morpholine rings is 1. The van der Waals surface area contributed by atoms with Crippen LogP contribution in [0.2, 0.25) is 0 Å². The third kappa shape index (κ3) is 5.10. The van der Waals surface area contributed by atoms with Crippen molar-refractivity contribution in [1.82, 2.24) is 9.80 Å². The third-order valence-electron chi connectivity index (χ3n) is 4.41. The second kappa shape index (κ2) is 9.80. The number of carbonyl (C=O) groups excluding carboxylic acids is 3. The predicted octanol–water partition coefficient (Wildman–Crippen LogP) is 2.38. The van der Waals surface area contributed by atoms with E-state index >= 15 is 0 Å². The van der Waals surface area contributed by atoms with Crippen LogP contribution in [0.25, 0.3) is 6.08 Å². The third-order valence-corrected chi connectivity index (χ3v) is 5.32. The summed E-state index contributed by atoms with van der Waals surface area (Å²) >= 11 is 0.823. The Balaban J connectivity index is 1.76. The van der Waals surface area contributed by atoms with E-state index in [4.69, 9.17) is 14.2 Å². The molecule has 3 rings (SSSR count). The van der Waals surface area contributed by atoms with Crippen LogP contribution in [0.4, 0.5) is 4.79 Å². The predicted molar refractivity (Wildman–Crippen MR) is 109 cm³/mol. The summed E-state index contributed by atoms with van der Waals surface area (Å²) in [5.41, 5.74) is 0.667. The molecule has 8 nitrogen and oxygen atoms in total. The molecule has 156 valence electrons. The molecule has 0 saturated carbocycles. The summed E-state index contributed by atoms with van der Waals surface area (Å²) < 4.78 is 16.4. The topological polar surface area (TPSA) is 85.4 Å². The van der Waals surface area contributed by atoms with E-state index in [2.05, 4.69) is 0 Å². The quantitative estimate of drug-likeness (QED) is 0.626. The Labute approximate surface area is 173 Å². The van der Waals surface area contributed by atoms with E-state index in [1.807, 2.05) is 13.8 Å². The first-order valence-electron chi connectivity index (χ1n) is 9.54. The van der Waals surface area contributed by atoms with E-state index in [0.29, 0.717) is 56.6 Å². The molecule has 3 amide bonds. The lowest BCUT2D eigenvalue weighted by Gasteiger charge is -2.28. The monoisotopic (exact) mass is 420 g/mol.